The molecule has 4 heteroatoms. The van der Waals surface area contributed by atoms with Gasteiger partial charge in [0.05, 0.1) is 0 Å². The van der Waals surface area contributed by atoms with Crippen LogP contribution in [0.25, 0.3) is 0 Å². The molecule has 0 saturated heterocycles. The summed E-state index contributed by atoms with van der Waals surface area (Å²) < 4.78 is 0. The molecule has 0 saturated carbocycles. The van der Waals surface area contributed by atoms with Crippen LogP contribution in [-0.2, 0) is 0 Å². The Morgan fingerprint density at radius 1 is 1.00 bits per heavy atom. The third kappa shape index (κ3) is 9.00. The summed E-state index contributed by atoms with van der Waals surface area (Å²) in [5, 5.41) is 0. The van der Waals surface area contributed by atoms with Crippen LogP contribution in [0.4, 0.5) is 0 Å². The Morgan fingerprint density at radius 2 is 1.00 bits per heavy atom. The second-order valence-electron chi connectivity index (χ2n) is 0. The van der Waals surface area contributed by atoms with Crippen LogP contribution in [0.3, 0.4) is 0 Å². The predicted octanol–water partition coefficient (Wildman–Crippen LogP) is -3.66. The molecule has 0 nitrogen and oxygen atoms in total. The van der Waals surface area contributed by atoms with Gasteiger partial charge in [-0.3, -0.25) is 0 Å². The molecule has 0 bridgehead atoms. The molecule has 5 radical (unpaired) electrons. The third-order valence-electron chi connectivity index (χ3n) is 0. The fourth-order valence-electron chi connectivity index (χ4n) is 0. The normalized spacial score (nSPS) is 0. The molecule has 0 atom stereocenters. The van der Waals surface area contributed by atoms with E-state index in [1.54, 1.807) is 0 Å². The van der Waals surface area contributed by atoms with Crippen molar-refractivity contribution in [1.29, 1.82) is 0 Å². The average molecular weight is 382 g/mol. The molecular formula is H8BPbSiTe. The van der Waals surface area contributed by atoms with E-state index in [9.17, 15) is 0 Å². The van der Waals surface area contributed by atoms with Crippen LogP contribution in [0, 0.1) is 0 Å². The molecule has 25 valence electrons. The van der Waals surface area contributed by atoms with Crippen molar-refractivity contribution in [3.05, 3.63) is 0 Å². The minimum atomic E-state index is 0. The second-order valence-corrected chi connectivity index (χ2v) is 0. The van der Waals surface area contributed by atoms with Crippen LogP contribution in [-0.4, -0.2) is 70.3 Å². The molecular weight excluding hydrogens is 374 g/mol. The van der Waals surface area contributed by atoms with Gasteiger partial charge in [0.2, 0.25) is 0 Å². The molecule has 0 amide bonds. The van der Waals surface area contributed by atoms with E-state index in [1.165, 1.54) is 0 Å². The topological polar surface area (TPSA) is 0 Å². The average Bonchev–Trinajstić information content (AvgIpc) is 0. The van der Waals surface area contributed by atoms with Crippen LogP contribution >= 0.6 is 0 Å². The molecule has 0 aromatic heterocycles. The molecule has 0 aromatic carbocycles. The molecule has 0 heterocycles. The van der Waals surface area contributed by atoms with Gasteiger partial charge in [0.25, 0.3) is 0 Å². The van der Waals surface area contributed by atoms with Crippen LogP contribution in [0.2, 0.25) is 0 Å². The minimum absolute atomic E-state index is 0. The Kier molecular flexibility index (Phi) is 188. The summed E-state index contributed by atoms with van der Waals surface area (Å²) in [5.74, 6) is 0. The van der Waals surface area contributed by atoms with Crippen molar-refractivity contribution in [3.8, 4) is 0 Å². The zero-order valence-corrected chi connectivity index (χ0v) is 10.1. The van der Waals surface area contributed by atoms with E-state index in [4.69, 9.17) is 0 Å². The molecule has 0 rings (SSSR count). The number of hydrogen-bond acceptors (Lipinski definition) is 0. The van der Waals surface area contributed by atoms with Crippen molar-refractivity contribution < 1.29 is 0 Å². The molecule has 0 fully saturated rings. The molecule has 0 aliphatic rings. The first-order valence-corrected chi connectivity index (χ1v) is 0. The van der Waals surface area contributed by atoms with E-state index in [-0.39, 0.29) is 70.3 Å². The van der Waals surface area contributed by atoms with Crippen molar-refractivity contribution in [2.24, 2.45) is 0 Å². The van der Waals surface area contributed by atoms with Gasteiger partial charge in [-0.05, 0) is 11.0 Å². The second kappa shape index (κ2) is 20.0. The molecule has 0 aliphatic heterocycles. The standard InChI is InChI=1S/B.Pb.H4Si.H2Te.2H/h;;1H4;1H2;;. The first-order valence-electron chi connectivity index (χ1n) is 0. The quantitative estimate of drug-likeness (QED) is 0.380. The maximum atomic E-state index is 0. The Hall–Kier alpha value is 1.99. The summed E-state index contributed by atoms with van der Waals surface area (Å²) in [4.78, 5) is 0. The summed E-state index contributed by atoms with van der Waals surface area (Å²) >= 11 is 0. The summed E-state index contributed by atoms with van der Waals surface area (Å²) in [5.41, 5.74) is 0. The predicted molar refractivity (Wildman–Crippen MR) is 34.2 cm³/mol. The Bertz CT molecular complexity index is 8.00. The van der Waals surface area contributed by atoms with Gasteiger partial charge >= 0.3 is 51.0 Å². The van der Waals surface area contributed by atoms with Crippen LogP contribution in [0.1, 0.15) is 0 Å². The van der Waals surface area contributed by atoms with E-state index in [1.807, 2.05) is 0 Å². The Morgan fingerprint density at radius 3 is 1.00 bits per heavy atom. The Labute approximate surface area is 69.6 Å². The molecule has 0 spiro atoms. The molecule has 0 unspecified atom stereocenters. The van der Waals surface area contributed by atoms with Gasteiger partial charge in [0.1, 0.15) is 0 Å². The van der Waals surface area contributed by atoms with E-state index < -0.39 is 0 Å². The number of rotatable bonds is 0. The number of hydrogen-bond donors (Lipinski definition) is 0. The van der Waals surface area contributed by atoms with Gasteiger partial charge in [-0.15, -0.1) is 0 Å². The van der Waals surface area contributed by atoms with E-state index in [0.29, 0.717) is 0 Å². The van der Waals surface area contributed by atoms with Crippen molar-refractivity contribution in [1.82, 2.24) is 0 Å². The van der Waals surface area contributed by atoms with Gasteiger partial charge in [0, 0.05) is 8.41 Å². The van der Waals surface area contributed by atoms with Gasteiger partial charge in [0.15, 0.2) is 0 Å². The first-order chi connectivity index (χ1) is 0. The summed E-state index contributed by atoms with van der Waals surface area (Å²) in [6.07, 6.45) is 0. The van der Waals surface area contributed by atoms with Gasteiger partial charge in [-0.1, -0.05) is 0 Å². The fraction of sp³-hybridized carbons (Fsp3) is 0. The zero-order chi connectivity index (χ0) is 0. The van der Waals surface area contributed by atoms with Gasteiger partial charge in [-0.25, -0.2) is 0 Å². The van der Waals surface area contributed by atoms with Crippen molar-refractivity contribution in [2.75, 3.05) is 0 Å². The summed E-state index contributed by atoms with van der Waals surface area (Å²) in [6.45, 7) is 0. The zero-order valence-electron chi connectivity index (χ0n) is 1.78. The van der Waals surface area contributed by atoms with Crippen molar-refractivity contribution in [2.45, 2.75) is 0 Å². The van der Waals surface area contributed by atoms with E-state index >= 15 is 0 Å². The maximum absolute atomic E-state index is 0. The molecule has 0 N–H and O–H groups in total. The van der Waals surface area contributed by atoms with E-state index in [0.717, 1.165) is 0 Å². The molecule has 0 aliphatic carbocycles. The summed E-state index contributed by atoms with van der Waals surface area (Å²) in [7, 11) is 0. The van der Waals surface area contributed by atoms with Gasteiger partial charge < -0.3 is 0 Å². The van der Waals surface area contributed by atoms with Crippen LogP contribution in [0.5, 0.6) is 0 Å². The van der Waals surface area contributed by atoms with Crippen molar-refractivity contribution >= 4 is 70.3 Å². The monoisotopic (exact) mass is 385 g/mol. The first kappa shape index (κ1) is 37.6. The fourth-order valence-corrected chi connectivity index (χ4v) is 0. The van der Waals surface area contributed by atoms with Crippen LogP contribution < -0.4 is 0 Å². The van der Waals surface area contributed by atoms with Gasteiger partial charge in [-0.2, -0.15) is 0 Å². The third-order valence-corrected chi connectivity index (χ3v) is 0. The SMILES string of the molecule is [B].[PbH2].[SiH4].[TeH2]. The van der Waals surface area contributed by atoms with Crippen molar-refractivity contribution in [3.63, 3.8) is 0 Å². The summed E-state index contributed by atoms with van der Waals surface area (Å²) in [6, 6.07) is 0. The Balaban J connectivity index is 0. The van der Waals surface area contributed by atoms with Crippen LogP contribution in [0.15, 0.2) is 0 Å². The van der Waals surface area contributed by atoms with E-state index in [2.05, 4.69) is 0 Å². The molecule has 4 heavy (non-hydrogen) atoms. The molecule has 0 aromatic rings.